The van der Waals surface area contributed by atoms with Crippen LogP contribution in [-0.4, -0.2) is 77.0 Å². The summed E-state index contributed by atoms with van der Waals surface area (Å²) in [6.07, 6.45) is -4.47. The first-order valence-corrected chi connectivity index (χ1v) is 18.4. The first-order valence-electron chi connectivity index (χ1n) is 13.9. The topological polar surface area (TPSA) is 306 Å². The summed E-state index contributed by atoms with van der Waals surface area (Å²) < 4.78 is 67.5. The highest BCUT2D eigenvalue weighted by Gasteiger charge is 2.51. The molecule has 21 nitrogen and oxygen atoms in total. The van der Waals surface area contributed by atoms with Gasteiger partial charge in [-0.25, -0.2) is 23.5 Å². The third-order valence-corrected chi connectivity index (χ3v) is 10.6. The number of esters is 1. The maximum Gasteiger partial charge on any atom is 0.490 e. The Balaban J connectivity index is 1.52. The molecule has 1 saturated heterocycles. The van der Waals surface area contributed by atoms with Crippen molar-refractivity contribution in [2.75, 3.05) is 24.7 Å². The summed E-state index contributed by atoms with van der Waals surface area (Å²) in [5, 5.41) is 2.86. The summed E-state index contributed by atoms with van der Waals surface area (Å²) in [5.74, 6) is -1.17. The molecule has 0 amide bonds. The second-order valence-corrected chi connectivity index (χ2v) is 14.6. The molecule has 6 unspecified atom stereocenters. The van der Waals surface area contributed by atoms with E-state index in [1.807, 2.05) is 0 Å². The number of rotatable bonds is 14. The van der Waals surface area contributed by atoms with E-state index in [0.717, 1.165) is 0 Å². The molecule has 0 spiro atoms. The van der Waals surface area contributed by atoms with Gasteiger partial charge >= 0.3 is 29.4 Å². The lowest BCUT2D eigenvalue weighted by molar-refractivity contribution is -0.0775. The lowest BCUT2D eigenvalue weighted by Gasteiger charge is -2.25. The molecule has 5 rings (SSSR count). The molecule has 0 radical (unpaired) electrons. The number of anilines is 2. The number of H-pyrrole nitrogens is 1. The van der Waals surface area contributed by atoms with Crippen LogP contribution in [0.5, 0.6) is 0 Å². The van der Waals surface area contributed by atoms with E-state index in [4.69, 9.17) is 34.3 Å². The number of fused-ring (bicyclic) bond motifs is 1. The quantitative estimate of drug-likeness (QED) is 0.0714. The van der Waals surface area contributed by atoms with E-state index in [0.29, 0.717) is 11.3 Å². The van der Waals surface area contributed by atoms with Crippen LogP contribution in [0, 0.1) is 0 Å². The van der Waals surface area contributed by atoms with Gasteiger partial charge in [0.2, 0.25) is 5.95 Å². The van der Waals surface area contributed by atoms with Crippen LogP contribution < -0.4 is 16.6 Å². The molecule has 4 aromatic rings. The van der Waals surface area contributed by atoms with E-state index in [9.17, 15) is 33.1 Å². The number of nitrogens with two attached hydrogens (primary N) is 1. The zero-order valence-corrected chi connectivity index (χ0v) is 27.7. The highest BCUT2D eigenvalue weighted by Crippen LogP contribution is 2.66. The predicted molar refractivity (Wildman–Crippen MR) is 166 cm³/mol. The number of hydrogen-bond acceptors (Lipinski definition) is 15. The van der Waals surface area contributed by atoms with Crippen molar-refractivity contribution in [3.8, 4) is 0 Å². The smallest absolute Gasteiger partial charge is 0.453 e. The second-order valence-electron chi connectivity index (χ2n) is 10.2. The van der Waals surface area contributed by atoms with Crippen molar-refractivity contribution in [3.63, 3.8) is 0 Å². The molecule has 0 bridgehead atoms. The fraction of sp³-hybridized carbons (Fsp3) is 0.280. The van der Waals surface area contributed by atoms with Gasteiger partial charge in [-0.3, -0.25) is 18.9 Å². The van der Waals surface area contributed by atoms with Crippen LogP contribution in [0.15, 0.2) is 65.7 Å². The number of benzene rings is 2. The van der Waals surface area contributed by atoms with Gasteiger partial charge in [0.25, 0.3) is 5.56 Å². The van der Waals surface area contributed by atoms with Crippen LogP contribution in [-0.2, 0) is 47.7 Å². The largest absolute Gasteiger partial charge is 0.490 e. The van der Waals surface area contributed by atoms with Crippen LogP contribution in [0.2, 0.25) is 0 Å². The Bertz CT molecular complexity index is 2020. The van der Waals surface area contributed by atoms with Crippen molar-refractivity contribution in [3.05, 3.63) is 82.4 Å². The van der Waals surface area contributed by atoms with Gasteiger partial charge in [-0.15, -0.1) is 0 Å². The lowest BCUT2D eigenvalue weighted by Crippen LogP contribution is -2.40. The van der Waals surface area contributed by atoms with E-state index in [1.54, 1.807) is 55.6 Å². The van der Waals surface area contributed by atoms with Gasteiger partial charge in [-0.2, -0.15) is 13.6 Å². The van der Waals surface area contributed by atoms with Gasteiger partial charge in [-0.1, -0.05) is 42.5 Å². The molecular weight excluding hydrogens is 717 g/mol. The van der Waals surface area contributed by atoms with Crippen molar-refractivity contribution >= 4 is 52.2 Å². The summed E-state index contributed by atoms with van der Waals surface area (Å²) in [4.78, 5) is 74.0. The third kappa shape index (κ3) is 9.06. The van der Waals surface area contributed by atoms with Gasteiger partial charge in [0.15, 0.2) is 23.5 Å². The molecule has 0 saturated carbocycles. The number of nitrogens with zero attached hydrogens (tertiary/aromatic N) is 3. The Hall–Kier alpha value is -3.81. The molecule has 24 heteroatoms. The number of ether oxygens (including phenoxy) is 3. The molecule has 3 heterocycles. The molecule has 2 aromatic heterocycles. The van der Waals surface area contributed by atoms with Crippen LogP contribution >= 0.6 is 23.5 Å². The number of hydrogen-bond donors (Lipinski definition) is 7. The molecule has 0 aliphatic carbocycles. The van der Waals surface area contributed by atoms with Crippen LogP contribution in [0.3, 0.4) is 0 Å². The zero-order chi connectivity index (χ0) is 35.6. The minimum atomic E-state index is -5.85. The first kappa shape index (κ1) is 36.5. The standard InChI is InChI=1S/C25H29N6O15P3/c1-27-16-10-6-5-9-15(16)24(33)44-19-17(12-42-48(37,38)46-49(39,40)45-47(34,35)36)43-23(20(19)41-11-14-7-3-2-4-8-14)31-13-28-18-21(31)29-25(26)30-22(18)32/h2-10,13,17,19-20,23,27H,11-12H2,1H3,(H,37,38)(H,39,40)(H2,34,35,36)(H3,26,29,30,32). The summed E-state index contributed by atoms with van der Waals surface area (Å²) in [7, 11) is -15.6. The fourth-order valence-corrected chi connectivity index (χ4v) is 7.85. The SMILES string of the molecule is CNc1ccccc1C(=O)OC1C(COP(=O)(O)OP(=O)(O)OP(=O)(O)O)OC(n2cnc3c(=O)[nH]c(N)nc32)C1OCc1ccccc1. The number of aromatic amines is 1. The molecule has 264 valence electrons. The number of phosphoric ester groups is 1. The summed E-state index contributed by atoms with van der Waals surface area (Å²) in [6.45, 7) is -1.10. The Labute approximate surface area is 275 Å². The first-order chi connectivity index (χ1) is 23.1. The van der Waals surface area contributed by atoms with Crippen molar-refractivity contribution in [2.45, 2.75) is 31.1 Å². The number of nitrogen functional groups attached to an aromatic ring is 1. The third-order valence-electron chi connectivity index (χ3n) is 6.77. The maximum absolute atomic E-state index is 13.6. The van der Waals surface area contributed by atoms with Crippen molar-refractivity contribution in [2.24, 2.45) is 0 Å². The molecule has 1 aliphatic heterocycles. The highest BCUT2D eigenvalue weighted by atomic mass is 31.3. The van der Waals surface area contributed by atoms with Crippen LogP contribution in [0.4, 0.5) is 11.6 Å². The molecule has 1 fully saturated rings. The van der Waals surface area contributed by atoms with Gasteiger partial charge in [0.05, 0.1) is 25.1 Å². The minimum absolute atomic E-state index is 0.0706. The Morgan fingerprint density at radius 3 is 2.41 bits per heavy atom. The number of carbonyl (C=O) groups excluding carboxylic acids is 1. The Kier molecular flexibility index (Phi) is 10.9. The van der Waals surface area contributed by atoms with Gasteiger partial charge in [-0.05, 0) is 17.7 Å². The van der Waals surface area contributed by atoms with Crippen LogP contribution in [0.25, 0.3) is 11.2 Å². The average molecular weight is 746 g/mol. The van der Waals surface area contributed by atoms with Gasteiger partial charge in [0, 0.05) is 12.7 Å². The van der Waals surface area contributed by atoms with Crippen molar-refractivity contribution in [1.82, 2.24) is 19.5 Å². The van der Waals surface area contributed by atoms with E-state index in [1.165, 1.54) is 17.0 Å². The predicted octanol–water partition coefficient (Wildman–Crippen LogP) is 1.80. The second kappa shape index (κ2) is 14.6. The molecule has 2 aromatic carbocycles. The minimum Gasteiger partial charge on any atom is -0.453 e. The molecule has 6 atom stereocenters. The number of imidazole rings is 1. The lowest BCUT2D eigenvalue weighted by atomic mass is 10.1. The number of carbonyl (C=O) groups is 1. The van der Waals surface area contributed by atoms with Crippen molar-refractivity contribution in [1.29, 1.82) is 0 Å². The van der Waals surface area contributed by atoms with E-state index < -0.39 is 66.1 Å². The fourth-order valence-electron chi connectivity index (χ4n) is 4.82. The summed E-state index contributed by atoms with van der Waals surface area (Å²) >= 11 is 0. The number of nitrogens with one attached hydrogen (secondary N) is 2. The Morgan fingerprint density at radius 2 is 1.71 bits per heavy atom. The van der Waals surface area contributed by atoms with E-state index >= 15 is 0 Å². The highest BCUT2D eigenvalue weighted by molar-refractivity contribution is 7.66. The maximum atomic E-state index is 13.6. The number of para-hydroxylation sites is 1. The van der Waals surface area contributed by atoms with E-state index in [2.05, 4.69) is 28.9 Å². The molecular formula is C25H29N6O15P3. The Morgan fingerprint density at radius 1 is 1.02 bits per heavy atom. The summed E-state index contributed by atoms with van der Waals surface area (Å²) in [6, 6.07) is 15.1. The van der Waals surface area contributed by atoms with Gasteiger partial charge in [0.1, 0.15) is 12.2 Å². The zero-order valence-electron chi connectivity index (χ0n) is 25.0. The van der Waals surface area contributed by atoms with Gasteiger partial charge < -0.3 is 44.8 Å². The summed E-state index contributed by atoms with van der Waals surface area (Å²) in [5.41, 5.74) is 6.01. The van der Waals surface area contributed by atoms with E-state index in [-0.39, 0.29) is 29.3 Å². The average Bonchev–Trinajstić information content (AvgIpc) is 3.58. The molecule has 49 heavy (non-hydrogen) atoms. The normalized spacial score (nSPS) is 22.0. The number of phosphoric acid groups is 3. The number of aromatic nitrogens is 4. The van der Waals surface area contributed by atoms with Crippen LogP contribution in [0.1, 0.15) is 22.1 Å². The monoisotopic (exact) mass is 746 g/mol. The molecule has 8 N–H and O–H groups in total. The van der Waals surface area contributed by atoms with Crippen molar-refractivity contribution < 1.29 is 65.4 Å². The molecule has 1 aliphatic rings.